The van der Waals surface area contributed by atoms with Crippen LogP contribution in [-0.4, -0.2) is 29.6 Å². The monoisotopic (exact) mass is 319 g/mol. The van der Waals surface area contributed by atoms with Gasteiger partial charge in [-0.3, -0.25) is 0 Å². The first-order valence-electron chi connectivity index (χ1n) is 7.76. The minimum Gasteiger partial charge on any atom is -0.362 e. The Morgan fingerprint density at radius 2 is 2.00 bits per heavy atom. The zero-order valence-electron chi connectivity index (χ0n) is 13.5. The van der Waals surface area contributed by atoms with Crippen molar-refractivity contribution in [2.24, 2.45) is 0 Å². The molecule has 0 radical (unpaired) electrons. The van der Waals surface area contributed by atoms with E-state index in [2.05, 4.69) is 44.8 Å². The lowest BCUT2D eigenvalue weighted by Gasteiger charge is -2.16. The molecule has 0 amide bonds. The molecule has 7 heteroatoms. The molecular weight excluding hydrogens is 302 g/mol. The Balaban J connectivity index is 1.60. The average Bonchev–Trinajstić information content (AvgIpc) is 3.26. The third kappa shape index (κ3) is 2.60. The normalized spacial score (nSPS) is 12.4. The molecule has 0 spiro atoms. The minimum atomic E-state index is 0.0993. The highest BCUT2D eigenvalue weighted by Crippen LogP contribution is 2.20. The molecule has 1 aromatic carbocycles. The summed E-state index contributed by atoms with van der Waals surface area (Å²) in [6.45, 7) is 3.99. The Bertz CT molecular complexity index is 972. The Hall–Kier alpha value is -3.22. The van der Waals surface area contributed by atoms with Gasteiger partial charge in [-0.25, -0.2) is 4.68 Å². The molecule has 1 atom stereocenters. The van der Waals surface area contributed by atoms with E-state index in [-0.39, 0.29) is 6.04 Å². The van der Waals surface area contributed by atoms with E-state index in [0.29, 0.717) is 0 Å². The largest absolute Gasteiger partial charge is 0.362 e. The zero-order chi connectivity index (χ0) is 16.5. The summed E-state index contributed by atoms with van der Waals surface area (Å²) in [6.07, 6.45) is 3.70. The van der Waals surface area contributed by atoms with Gasteiger partial charge in [-0.2, -0.15) is 9.61 Å². The number of aryl methyl sites for hydroxylation is 1. The van der Waals surface area contributed by atoms with E-state index in [0.717, 1.165) is 28.5 Å². The van der Waals surface area contributed by atoms with Gasteiger partial charge in [0.15, 0.2) is 11.5 Å². The van der Waals surface area contributed by atoms with E-state index in [1.165, 1.54) is 0 Å². The summed E-state index contributed by atoms with van der Waals surface area (Å²) in [6, 6.07) is 14.1. The summed E-state index contributed by atoms with van der Waals surface area (Å²) in [5, 5.41) is 20.3. The van der Waals surface area contributed by atoms with Crippen molar-refractivity contribution in [1.29, 1.82) is 0 Å². The first kappa shape index (κ1) is 14.4. The highest BCUT2D eigenvalue weighted by molar-refractivity contribution is 5.46. The number of hydrogen-bond acceptors (Lipinski definition) is 5. The van der Waals surface area contributed by atoms with E-state index < -0.39 is 0 Å². The van der Waals surface area contributed by atoms with Crippen LogP contribution < -0.4 is 5.32 Å². The number of rotatable bonds is 4. The van der Waals surface area contributed by atoms with Gasteiger partial charge in [-0.05, 0) is 49.7 Å². The topological polar surface area (TPSA) is 72.9 Å². The molecule has 7 nitrogen and oxygen atoms in total. The molecule has 0 fully saturated rings. The average molecular weight is 319 g/mol. The van der Waals surface area contributed by atoms with Crippen LogP contribution in [0, 0.1) is 6.92 Å². The molecule has 0 aliphatic rings. The molecule has 3 aromatic heterocycles. The van der Waals surface area contributed by atoms with Gasteiger partial charge in [0.2, 0.25) is 0 Å². The van der Waals surface area contributed by atoms with Gasteiger partial charge in [-0.1, -0.05) is 12.1 Å². The fraction of sp³-hybridized carbons (Fsp3) is 0.176. The number of nitrogens with one attached hydrogen (secondary N) is 1. The van der Waals surface area contributed by atoms with E-state index in [1.54, 1.807) is 10.7 Å². The predicted octanol–water partition coefficient (Wildman–Crippen LogP) is 2.79. The van der Waals surface area contributed by atoms with Crippen molar-refractivity contribution in [3.8, 4) is 5.69 Å². The van der Waals surface area contributed by atoms with Crippen LogP contribution >= 0.6 is 0 Å². The first-order chi connectivity index (χ1) is 11.7. The number of nitrogens with zero attached hydrogens (tertiary/aromatic N) is 6. The maximum absolute atomic E-state index is 4.54. The molecule has 1 N–H and O–H groups in total. The van der Waals surface area contributed by atoms with E-state index >= 15 is 0 Å². The zero-order valence-corrected chi connectivity index (χ0v) is 13.5. The lowest BCUT2D eigenvalue weighted by Crippen LogP contribution is -2.10. The molecule has 120 valence electrons. The number of aromatic nitrogens is 6. The second kappa shape index (κ2) is 5.77. The van der Waals surface area contributed by atoms with Crippen molar-refractivity contribution in [1.82, 2.24) is 29.6 Å². The number of anilines is 1. The Morgan fingerprint density at radius 3 is 2.83 bits per heavy atom. The molecule has 0 saturated carbocycles. The van der Waals surface area contributed by atoms with E-state index in [4.69, 9.17) is 0 Å². The highest BCUT2D eigenvalue weighted by Gasteiger charge is 2.09. The summed E-state index contributed by atoms with van der Waals surface area (Å²) in [5.74, 6) is 1.55. The van der Waals surface area contributed by atoms with Crippen molar-refractivity contribution in [3.63, 3.8) is 0 Å². The summed E-state index contributed by atoms with van der Waals surface area (Å²) in [5.41, 5.74) is 2.93. The van der Waals surface area contributed by atoms with Gasteiger partial charge in [-0.15, -0.1) is 15.3 Å². The van der Waals surface area contributed by atoms with Gasteiger partial charge in [0.1, 0.15) is 5.82 Å². The van der Waals surface area contributed by atoms with Crippen LogP contribution in [0.5, 0.6) is 0 Å². The van der Waals surface area contributed by atoms with Gasteiger partial charge in [0.05, 0.1) is 11.7 Å². The minimum absolute atomic E-state index is 0.0993. The molecule has 0 aliphatic heterocycles. The molecule has 0 saturated heterocycles. The molecule has 1 unspecified atom stereocenters. The van der Waals surface area contributed by atoms with Crippen LogP contribution in [0.3, 0.4) is 0 Å². The van der Waals surface area contributed by atoms with Crippen LogP contribution in [0.1, 0.15) is 24.4 Å². The summed E-state index contributed by atoms with van der Waals surface area (Å²) < 4.78 is 3.58. The predicted molar refractivity (Wildman–Crippen MR) is 91.1 cm³/mol. The van der Waals surface area contributed by atoms with Gasteiger partial charge < -0.3 is 5.32 Å². The molecule has 0 aliphatic carbocycles. The fourth-order valence-corrected chi connectivity index (χ4v) is 2.64. The van der Waals surface area contributed by atoms with Gasteiger partial charge in [0, 0.05) is 12.4 Å². The van der Waals surface area contributed by atoms with Crippen LogP contribution in [0.2, 0.25) is 0 Å². The molecule has 4 aromatic rings. The Labute approximate surface area is 139 Å². The first-order valence-corrected chi connectivity index (χ1v) is 7.76. The van der Waals surface area contributed by atoms with E-state index in [9.17, 15) is 0 Å². The van der Waals surface area contributed by atoms with Crippen molar-refractivity contribution >= 4 is 11.5 Å². The van der Waals surface area contributed by atoms with Crippen molar-refractivity contribution in [2.75, 3.05) is 5.32 Å². The smallest absolute Gasteiger partial charge is 0.178 e. The van der Waals surface area contributed by atoms with Crippen molar-refractivity contribution < 1.29 is 0 Å². The lowest BCUT2D eigenvalue weighted by molar-refractivity contribution is 0.823. The van der Waals surface area contributed by atoms with Crippen LogP contribution in [0.25, 0.3) is 11.3 Å². The van der Waals surface area contributed by atoms with Crippen LogP contribution in [0.4, 0.5) is 5.82 Å². The lowest BCUT2D eigenvalue weighted by atomic mass is 10.1. The van der Waals surface area contributed by atoms with E-state index in [1.807, 2.05) is 48.1 Å². The molecule has 24 heavy (non-hydrogen) atoms. The maximum atomic E-state index is 4.54. The highest BCUT2D eigenvalue weighted by atomic mass is 15.4. The van der Waals surface area contributed by atoms with Crippen molar-refractivity contribution in [3.05, 3.63) is 66.2 Å². The standard InChI is InChI=1S/C17H17N7/c1-12(14-5-3-6-15(11-14)23-10-4-9-18-23)19-16-7-8-17-21-20-13(2)24(17)22-16/h3-12H,1-2H3,(H,19,22). The molecule has 0 bridgehead atoms. The summed E-state index contributed by atoms with van der Waals surface area (Å²) in [7, 11) is 0. The van der Waals surface area contributed by atoms with Crippen molar-refractivity contribution in [2.45, 2.75) is 19.9 Å². The third-order valence-electron chi connectivity index (χ3n) is 3.92. The van der Waals surface area contributed by atoms with Crippen LogP contribution in [-0.2, 0) is 0 Å². The quantitative estimate of drug-likeness (QED) is 0.626. The van der Waals surface area contributed by atoms with Gasteiger partial charge in [0.25, 0.3) is 0 Å². The molecular formula is C17H17N7. The summed E-state index contributed by atoms with van der Waals surface area (Å²) in [4.78, 5) is 0. The molecule has 4 rings (SSSR count). The maximum Gasteiger partial charge on any atom is 0.178 e. The fourth-order valence-electron chi connectivity index (χ4n) is 2.64. The van der Waals surface area contributed by atoms with Gasteiger partial charge >= 0.3 is 0 Å². The third-order valence-corrected chi connectivity index (χ3v) is 3.92. The summed E-state index contributed by atoms with van der Waals surface area (Å²) >= 11 is 0. The number of hydrogen-bond donors (Lipinski definition) is 1. The Kier molecular flexibility index (Phi) is 3.45. The number of benzene rings is 1. The van der Waals surface area contributed by atoms with Crippen LogP contribution in [0.15, 0.2) is 54.9 Å². The molecule has 3 heterocycles. The SMILES string of the molecule is Cc1nnc2ccc(NC(C)c3cccc(-n4cccn4)c3)nn12. The Morgan fingerprint density at radius 1 is 1.08 bits per heavy atom. The number of fused-ring (bicyclic) bond motifs is 1. The second-order valence-corrected chi connectivity index (χ2v) is 5.65. The second-order valence-electron chi connectivity index (χ2n) is 5.65.